The van der Waals surface area contributed by atoms with E-state index in [1.807, 2.05) is 24.3 Å². The van der Waals surface area contributed by atoms with E-state index in [9.17, 15) is 0 Å². The molecular formula is C15H22O2. The second-order valence-electron chi connectivity index (χ2n) is 4.21. The first-order valence-electron chi connectivity index (χ1n) is 6.05. The van der Waals surface area contributed by atoms with Crippen LogP contribution in [0.5, 0.6) is 0 Å². The van der Waals surface area contributed by atoms with Gasteiger partial charge in [-0.3, -0.25) is 0 Å². The number of benzene rings is 1. The highest BCUT2D eigenvalue weighted by atomic mass is 16.5. The van der Waals surface area contributed by atoms with Crippen LogP contribution in [0.3, 0.4) is 0 Å². The molecule has 0 bridgehead atoms. The molecular weight excluding hydrogens is 212 g/mol. The summed E-state index contributed by atoms with van der Waals surface area (Å²) in [6, 6.07) is 10.2. The Labute approximate surface area is 104 Å². The smallest absolute Gasteiger partial charge is 0.0720 e. The number of hydrogen-bond donors (Lipinski definition) is 0. The fourth-order valence-corrected chi connectivity index (χ4v) is 1.66. The summed E-state index contributed by atoms with van der Waals surface area (Å²) in [4.78, 5) is 0. The summed E-state index contributed by atoms with van der Waals surface area (Å²) in [6.07, 6.45) is 3.01. The molecule has 0 radical (unpaired) electrons. The molecule has 0 aromatic heterocycles. The molecule has 0 aliphatic rings. The van der Waals surface area contributed by atoms with Crippen LogP contribution in [0.15, 0.2) is 43.0 Å². The molecule has 1 aromatic carbocycles. The van der Waals surface area contributed by atoms with Crippen molar-refractivity contribution in [2.24, 2.45) is 5.92 Å². The lowest BCUT2D eigenvalue weighted by Crippen LogP contribution is -2.22. The Morgan fingerprint density at radius 3 is 2.59 bits per heavy atom. The van der Waals surface area contributed by atoms with Gasteiger partial charge in [0.05, 0.1) is 12.7 Å². The summed E-state index contributed by atoms with van der Waals surface area (Å²) in [5.41, 5.74) is 1.20. The van der Waals surface area contributed by atoms with Crippen LogP contribution in [0.2, 0.25) is 0 Å². The molecule has 17 heavy (non-hydrogen) atoms. The number of rotatable bonds is 8. The van der Waals surface area contributed by atoms with E-state index in [1.165, 1.54) is 5.56 Å². The molecule has 2 heteroatoms. The third-order valence-corrected chi connectivity index (χ3v) is 2.87. The topological polar surface area (TPSA) is 18.5 Å². The lowest BCUT2D eigenvalue weighted by Gasteiger charge is -2.21. The van der Waals surface area contributed by atoms with Gasteiger partial charge in [-0.15, -0.1) is 6.58 Å². The van der Waals surface area contributed by atoms with Crippen LogP contribution in [0.4, 0.5) is 0 Å². The van der Waals surface area contributed by atoms with Gasteiger partial charge in [0, 0.05) is 19.6 Å². The highest BCUT2D eigenvalue weighted by molar-refractivity contribution is 5.13. The normalized spacial score (nSPS) is 14.2. The van der Waals surface area contributed by atoms with Gasteiger partial charge in [0.15, 0.2) is 0 Å². The Balaban J connectivity index is 2.45. The van der Waals surface area contributed by atoms with E-state index in [1.54, 1.807) is 7.11 Å². The van der Waals surface area contributed by atoms with Crippen LogP contribution < -0.4 is 0 Å². The maximum absolute atomic E-state index is 5.93. The van der Waals surface area contributed by atoms with Gasteiger partial charge in [-0.25, -0.2) is 0 Å². The standard InChI is InChI=1S/C15H22O2/c1-4-13(2)15(10-11-16-3)17-12-14-8-6-5-7-9-14/h4-9,13,15H,1,10-12H2,2-3H3/t13-,15-/m0/s1. The molecule has 0 aliphatic heterocycles. The second kappa shape index (κ2) is 8.04. The van der Waals surface area contributed by atoms with Gasteiger partial charge in [-0.05, 0) is 12.0 Å². The quantitative estimate of drug-likeness (QED) is 0.642. The van der Waals surface area contributed by atoms with Crippen LogP contribution >= 0.6 is 0 Å². The fraction of sp³-hybridized carbons (Fsp3) is 0.467. The highest BCUT2D eigenvalue weighted by Crippen LogP contribution is 2.15. The zero-order valence-electron chi connectivity index (χ0n) is 10.8. The first-order valence-corrected chi connectivity index (χ1v) is 6.05. The summed E-state index contributed by atoms with van der Waals surface area (Å²) in [6.45, 7) is 7.31. The maximum atomic E-state index is 5.93. The van der Waals surface area contributed by atoms with Crippen molar-refractivity contribution >= 4 is 0 Å². The summed E-state index contributed by atoms with van der Waals surface area (Å²) < 4.78 is 11.0. The molecule has 0 saturated heterocycles. The van der Waals surface area contributed by atoms with Gasteiger partial charge in [0.2, 0.25) is 0 Å². The maximum Gasteiger partial charge on any atom is 0.0720 e. The van der Waals surface area contributed by atoms with Gasteiger partial charge in [0.1, 0.15) is 0 Å². The van der Waals surface area contributed by atoms with Crippen LogP contribution in [-0.2, 0) is 16.1 Å². The second-order valence-corrected chi connectivity index (χ2v) is 4.21. The van der Waals surface area contributed by atoms with E-state index >= 15 is 0 Å². The first-order chi connectivity index (χ1) is 8.27. The van der Waals surface area contributed by atoms with Crippen LogP contribution in [-0.4, -0.2) is 19.8 Å². The molecule has 0 heterocycles. The van der Waals surface area contributed by atoms with Crippen molar-refractivity contribution in [3.05, 3.63) is 48.6 Å². The van der Waals surface area contributed by atoms with Gasteiger partial charge >= 0.3 is 0 Å². The van der Waals surface area contributed by atoms with Crippen molar-refractivity contribution in [3.63, 3.8) is 0 Å². The summed E-state index contributed by atoms with van der Waals surface area (Å²) in [5, 5.41) is 0. The number of ether oxygens (including phenoxy) is 2. The Bertz CT molecular complexity index is 308. The fourth-order valence-electron chi connectivity index (χ4n) is 1.66. The predicted molar refractivity (Wildman–Crippen MR) is 70.9 cm³/mol. The molecule has 0 N–H and O–H groups in total. The van der Waals surface area contributed by atoms with Crippen molar-refractivity contribution in [3.8, 4) is 0 Å². The Morgan fingerprint density at radius 1 is 1.29 bits per heavy atom. The van der Waals surface area contributed by atoms with Gasteiger partial charge in [-0.2, -0.15) is 0 Å². The molecule has 0 aliphatic carbocycles. The lowest BCUT2D eigenvalue weighted by atomic mass is 10.0. The largest absolute Gasteiger partial charge is 0.385 e. The molecule has 2 atom stereocenters. The SMILES string of the molecule is C=C[C@H](C)[C@H](CCOC)OCc1ccccc1. The Kier molecular flexibility index (Phi) is 6.60. The molecule has 0 spiro atoms. The van der Waals surface area contributed by atoms with Crippen molar-refractivity contribution < 1.29 is 9.47 Å². The molecule has 0 fully saturated rings. The Morgan fingerprint density at radius 2 is 2.00 bits per heavy atom. The van der Waals surface area contributed by atoms with Crippen molar-refractivity contribution in [2.45, 2.75) is 26.1 Å². The summed E-state index contributed by atoms with van der Waals surface area (Å²) >= 11 is 0. The third-order valence-electron chi connectivity index (χ3n) is 2.87. The van der Waals surface area contributed by atoms with E-state index in [2.05, 4.69) is 25.6 Å². The zero-order chi connectivity index (χ0) is 12.5. The minimum atomic E-state index is 0.174. The minimum Gasteiger partial charge on any atom is -0.385 e. The minimum absolute atomic E-state index is 0.174. The molecule has 94 valence electrons. The van der Waals surface area contributed by atoms with Crippen molar-refractivity contribution in [1.29, 1.82) is 0 Å². The van der Waals surface area contributed by atoms with Crippen LogP contribution in [0, 0.1) is 5.92 Å². The van der Waals surface area contributed by atoms with E-state index in [-0.39, 0.29) is 6.10 Å². The number of methoxy groups -OCH3 is 1. The number of hydrogen-bond acceptors (Lipinski definition) is 2. The third kappa shape index (κ3) is 5.16. The summed E-state index contributed by atoms with van der Waals surface area (Å²) in [7, 11) is 1.72. The highest BCUT2D eigenvalue weighted by Gasteiger charge is 2.14. The van der Waals surface area contributed by atoms with Crippen LogP contribution in [0.25, 0.3) is 0 Å². The van der Waals surface area contributed by atoms with E-state index in [0.717, 1.165) is 13.0 Å². The van der Waals surface area contributed by atoms with Gasteiger partial charge < -0.3 is 9.47 Å². The molecule has 1 rings (SSSR count). The van der Waals surface area contributed by atoms with E-state index < -0.39 is 0 Å². The lowest BCUT2D eigenvalue weighted by molar-refractivity contribution is -0.00181. The van der Waals surface area contributed by atoms with Crippen molar-refractivity contribution in [2.75, 3.05) is 13.7 Å². The van der Waals surface area contributed by atoms with E-state index in [0.29, 0.717) is 12.5 Å². The monoisotopic (exact) mass is 234 g/mol. The molecule has 0 saturated carbocycles. The zero-order valence-corrected chi connectivity index (χ0v) is 10.8. The summed E-state index contributed by atoms with van der Waals surface area (Å²) in [5.74, 6) is 0.342. The average Bonchev–Trinajstić information content (AvgIpc) is 2.39. The van der Waals surface area contributed by atoms with E-state index in [4.69, 9.17) is 9.47 Å². The Hall–Kier alpha value is -1.12. The molecule has 1 aromatic rings. The first kappa shape index (κ1) is 13.9. The molecule has 2 nitrogen and oxygen atoms in total. The molecule has 0 amide bonds. The van der Waals surface area contributed by atoms with Gasteiger partial charge in [-0.1, -0.05) is 43.3 Å². The van der Waals surface area contributed by atoms with Crippen LogP contribution in [0.1, 0.15) is 18.9 Å². The molecule has 0 unspecified atom stereocenters. The van der Waals surface area contributed by atoms with Gasteiger partial charge in [0.25, 0.3) is 0 Å². The predicted octanol–water partition coefficient (Wildman–Crippen LogP) is 3.43. The average molecular weight is 234 g/mol. The van der Waals surface area contributed by atoms with Crippen molar-refractivity contribution in [1.82, 2.24) is 0 Å².